The summed E-state index contributed by atoms with van der Waals surface area (Å²) < 4.78 is 20.9. The second-order valence-corrected chi connectivity index (χ2v) is 12.6. The van der Waals surface area contributed by atoms with Crippen LogP contribution in [0.5, 0.6) is 5.75 Å². The number of allylic oxidation sites excluding steroid dienone is 1. The van der Waals surface area contributed by atoms with Gasteiger partial charge in [-0.3, -0.25) is 9.36 Å². The Hall–Kier alpha value is -4.22. The van der Waals surface area contributed by atoms with Gasteiger partial charge in [-0.2, -0.15) is 0 Å². The highest BCUT2D eigenvalue weighted by Gasteiger charge is 2.34. The predicted octanol–water partition coefficient (Wildman–Crippen LogP) is 5.93. The van der Waals surface area contributed by atoms with E-state index < -0.39 is 12.0 Å². The van der Waals surface area contributed by atoms with Crippen molar-refractivity contribution in [3.05, 3.63) is 112 Å². The largest absolute Gasteiger partial charge is 0.496 e. The first kappa shape index (κ1) is 33.2. The lowest BCUT2D eigenvalue weighted by molar-refractivity contribution is -0.139. The molecule has 0 N–H and O–H groups in total. The molecule has 1 aliphatic heterocycles. The third-order valence-electron chi connectivity index (χ3n) is 7.78. The summed E-state index contributed by atoms with van der Waals surface area (Å²) in [5.41, 5.74) is 5.62. The normalized spacial score (nSPS) is 14.6. The van der Waals surface area contributed by atoms with Crippen molar-refractivity contribution in [1.29, 1.82) is 0 Å². The van der Waals surface area contributed by atoms with Gasteiger partial charge in [0.25, 0.3) is 5.56 Å². The molecule has 5 rings (SSSR count). The summed E-state index contributed by atoms with van der Waals surface area (Å²) in [5, 5.41) is 0. The van der Waals surface area contributed by atoms with Crippen LogP contribution in [0.2, 0.25) is 0 Å². The van der Waals surface area contributed by atoms with Gasteiger partial charge in [0.2, 0.25) is 0 Å². The van der Waals surface area contributed by atoms with Gasteiger partial charge in [-0.1, -0.05) is 30.7 Å². The molecule has 9 nitrogen and oxygen atoms in total. The maximum atomic E-state index is 14.2. The molecule has 0 unspecified atom stereocenters. The van der Waals surface area contributed by atoms with Crippen molar-refractivity contribution in [3.63, 3.8) is 0 Å². The molecule has 4 aromatic rings. The zero-order valence-corrected chi connectivity index (χ0v) is 29.1. The number of aryl methyl sites for hydroxylation is 1. The van der Waals surface area contributed by atoms with Crippen LogP contribution in [0.4, 0.5) is 0 Å². The highest BCUT2D eigenvalue weighted by atomic mass is 79.9. The number of carbonyl (C=O) groups excluding carboxylic acids is 2. The molecule has 3 heterocycles. The molecule has 11 heteroatoms. The van der Waals surface area contributed by atoms with Crippen LogP contribution in [-0.4, -0.2) is 41.4 Å². The highest BCUT2D eigenvalue weighted by Crippen LogP contribution is 2.36. The highest BCUT2D eigenvalue weighted by molar-refractivity contribution is 9.10. The average Bonchev–Trinajstić information content (AvgIpc) is 3.50. The SMILES string of the molecule is CCCC1=C(C(=O)OCC)[C@@H](c2ccc(OC)c(Br)c2)n2c(s/c(=C\c3cc(C)n(-c4ccc(C(=O)OCC)cc4)c3C)c2=O)=N1. The number of fused-ring (bicyclic) bond motifs is 1. The molecule has 2 aromatic heterocycles. The van der Waals surface area contributed by atoms with Gasteiger partial charge in [0.15, 0.2) is 4.80 Å². The smallest absolute Gasteiger partial charge is 0.338 e. The lowest BCUT2D eigenvalue weighted by Crippen LogP contribution is -2.40. The number of carbonyl (C=O) groups is 2. The van der Waals surface area contributed by atoms with Crippen LogP contribution in [0.3, 0.4) is 0 Å². The zero-order chi connectivity index (χ0) is 33.1. The number of ether oxygens (including phenoxy) is 3. The van der Waals surface area contributed by atoms with Crippen LogP contribution in [0.1, 0.15) is 72.5 Å². The van der Waals surface area contributed by atoms with E-state index in [1.165, 1.54) is 11.3 Å². The van der Waals surface area contributed by atoms with Gasteiger partial charge < -0.3 is 18.8 Å². The van der Waals surface area contributed by atoms with E-state index in [-0.39, 0.29) is 18.1 Å². The number of halogens is 1. The molecule has 0 saturated carbocycles. The summed E-state index contributed by atoms with van der Waals surface area (Å²) in [7, 11) is 1.58. The molecule has 2 aromatic carbocycles. The molecule has 46 heavy (non-hydrogen) atoms. The molecule has 0 bridgehead atoms. The van der Waals surface area contributed by atoms with Crippen LogP contribution in [0, 0.1) is 13.8 Å². The first-order chi connectivity index (χ1) is 22.1. The van der Waals surface area contributed by atoms with Gasteiger partial charge in [-0.25, -0.2) is 14.6 Å². The second-order valence-electron chi connectivity index (χ2n) is 10.7. The first-order valence-electron chi connectivity index (χ1n) is 15.1. The van der Waals surface area contributed by atoms with E-state index in [1.807, 2.05) is 63.2 Å². The number of hydrogen-bond donors (Lipinski definition) is 0. The summed E-state index contributed by atoms with van der Waals surface area (Å²) in [6, 6.07) is 14.1. The fraction of sp³-hybridized carbons (Fsp3) is 0.314. The molecule has 0 radical (unpaired) electrons. The Balaban J connectivity index is 1.66. The van der Waals surface area contributed by atoms with Crippen molar-refractivity contribution >= 4 is 45.3 Å². The van der Waals surface area contributed by atoms with E-state index >= 15 is 0 Å². The van der Waals surface area contributed by atoms with E-state index in [4.69, 9.17) is 19.2 Å². The standard InChI is InChI=1S/C35H36BrN3O6S/c1-7-10-27-30(34(42)45-9-3)31(23-13-16-28(43-6)26(36)18-23)39-32(40)29(46-35(39)37-27)19-24-17-20(4)38(21(24)5)25-14-11-22(12-15-25)33(41)44-8-2/h11-19,31H,7-10H2,1-6H3/b29-19-/t31-/m1/s1. The van der Waals surface area contributed by atoms with Gasteiger partial charge in [0.1, 0.15) is 5.75 Å². The van der Waals surface area contributed by atoms with Crippen LogP contribution in [0.15, 0.2) is 74.1 Å². The maximum absolute atomic E-state index is 14.2. The molecule has 240 valence electrons. The van der Waals surface area contributed by atoms with E-state index in [2.05, 4.69) is 20.5 Å². The first-order valence-corrected chi connectivity index (χ1v) is 16.8. The van der Waals surface area contributed by atoms with E-state index in [0.717, 1.165) is 34.6 Å². The Labute approximate surface area is 279 Å². The monoisotopic (exact) mass is 705 g/mol. The minimum atomic E-state index is -0.730. The summed E-state index contributed by atoms with van der Waals surface area (Å²) in [6.45, 7) is 10.1. The van der Waals surface area contributed by atoms with Crippen molar-refractivity contribution in [2.24, 2.45) is 4.99 Å². The Morgan fingerprint density at radius 2 is 1.70 bits per heavy atom. The summed E-state index contributed by atoms with van der Waals surface area (Å²) >= 11 is 4.87. The number of rotatable bonds is 10. The number of hydrogen-bond acceptors (Lipinski definition) is 8. The molecule has 1 atom stereocenters. The van der Waals surface area contributed by atoms with Crippen molar-refractivity contribution < 1.29 is 23.8 Å². The molecular formula is C35H36BrN3O6S. The molecule has 0 aliphatic carbocycles. The Morgan fingerprint density at radius 3 is 2.33 bits per heavy atom. The van der Waals surface area contributed by atoms with Crippen LogP contribution in [-0.2, 0) is 14.3 Å². The van der Waals surface area contributed by atoms with Gasteiger partial charge in [-0.15, -0.1) is 0 Å². The van der Waals surface area contributed by atoms with Crippen molar-refractivity contribution in [2.75, 3.05) is 20.3 Å². The minimum Gasteiger partial charge on any atom is -0.496 e. The Kier molecular flexibility index (Phi) is 10.1. The van der Waals surface area contributed by atoms with Crippen molar-refractivity contribution in [2.45, 2.75) is 53.5 Å². The molecule has 0 saturated heterocycles. The number of esters is 2. The van der Waals surface area contributed by atoms with Crippen LogP contribution in [0.25, 0.3) is 11.8 Å². The number of benzene rings is 2. The van der Waals surface area contributed by atoms with Gasteiger partial charge >= 0.3 is 11.9 Å². The zero-order valence-electron chi connectivity index (χ0n) is 26.7. The minimum absolute atomic E-state index is 0.201. The molecule has 0 fully saturated rings. The topological polar surface area (TPSA) is 101 Å². The van der Waals surface area contributed by atoms with E-state index in [0.29, 0.717) is 49.4 Å². The molecular weight excluding hydrogens is 670 g/mol. The lowest BCUT2D eigenvalue weighted by Gasteiger charge is -2.26. The third-order valence-corrected chi connectivity index (χ3v) is 9.38. The fourth-order valence-corrected chi connectivity index (χ4v) is 7.29. The third kappa shape index (κ3) is 6.26. The Bertz CT molecular complexity index is 2020. The molecule has 0 amide bonds. The van der Waals surface area contributed by atoms with Crippen LogP contribution >= 0.6 is 27.3 Å². The van der Waals surface area contributed by atoms with E-state index in [9.17, 15) is 14.4 Å². The lowest BCUT2D eigenvalue weighted by atomic mass is 9.94. The van der Waals surface area contributed by atoms with Gasteiger partial charge in [0, 0.05) is 17.1 Å². The predicted molar refractivity (Wildman–Crippen MR) is 182 cm³/mol. The summed E-state index contributed by atoms with van der Waals surface area (Å²) in [4.78, 5) is 45.3. The van der Waals surface area contributed by atoms with E-state index in [1.54, 1.807) is 37.7 Å². The summed E-state index contributed by atoms with van der Waals surface area (Å²) in [5.74, 6) is -0.212. The fourth-order valence-electron chi connectivity index (χ4n) is 5.72. The second kappa shape index (κ2) is 14.0. The molecule has 1 aliphatic rings. The quantitative estimate of drug-likeness (QED) is 0.190. The summed E-state index contributed by atoms with van der Waals surface area (Å²) in [6.07, 6.45) is 3.20. The number of methoxy groups -OCH3 is 1. The number of thiazole rings is 1. The maximum Gasteiger partial charge on any atom is 0.338 e. The van der Waals surface area contributed by atoms with Crippen molar-refractivity contribution in [3.8, 4) is 11.4 Å². The average molecular weight is 707 g/mol. The van der Waals surface area contributed by atoms with Gasteiger partial charge in [0.05, 0.1) is 52.2 Å². The van der Waals surface area contributed by atoms with Crippen LogP contribution < -0.4 is 19.6 Å². The molecule has 0 spiro atoms. The Morgan fingerprint density at radius 1 is 1.00 bits per heavy atom. The number of aromatic nitrogens is 2. The number of nitrogens with zero attached hydrogens (tertiary/aromatic N) is 3. The van der Waals surface area contributed by atoms with Gasteiger partial charge in [-0.05, 0) is 110 Å². The van der Waals surface area contributed by atoms with Crippen molar-refractivity contribution in [1.82, 2.24) is 9.13 Å².